The Morgan fingerprint density at radius 3 is 2.56 bits per heavy atom. The number of allylic oxidation sites excluding steroid dienone is 2. The standard InChI is InChI=1S/C31H38O10/c1-17-10-27(34)35-15-30-14-22(38-20(4)32)18(2)12-24(30)40-25-13-23(29(30,5)31(25)16-36-31)41-26(33)9-7-6-8-21-19(3)37-28(11-17)39-21/h6-10,12,19,21-25,28H,11,13-16H2,1-5H3/b8-6+,9-7-,17-10+/t19-,21-,22-,23+,24+,25+,28+,29+,30+,31-/m0/s1. The van der Waals surface area contributed by atoms with Gasteiger partial charge in [0.15, 0.2) is 6.29 Å². The molecule has 222 valence electrons. The first kappa shape index (κ1) is 28.3. The fraction of sp³-hybridized carbons (Fsp3) is 0.645. The quantitative estimate of drug-likeness (QED) is 0.201. The van der Waals surface area contributed by atoms with E-state index >= 15 is 0 Å². The maximum Gasteiger partial charge on any atom is 0.331 e. The van der Waals surface area contributed by atoms with Crippen LogP contribution < -0.4 is 0 Å². The molecule has 10 heteroatoms. The topological polar surface area (TPSA) is 119 Å². The molecule has 2 aliphatic carbocycles. The Morgan fingerprint density at radius 2 is 1.83 bits per heavy atom. The van der Waals surface area contributed by atoms with Gasteiger partial charge in [-0.2, -0.15) is 0 Å². The van der Waals surface area contributed by atoms with Crippen molar-refractivity contribution >= 4 is 17.9 Å². The lowest BCUT2D eigenvalue weighted by Crippen LogP contribution is -2.68. The maximum absolute atomic E-state index is 13.2. The van der Waals surface area contributed by atoms with Crippen LogP contribution in [0.15, 0.2) is 47.6 Å². The molecule has 0 amide bonds. The van der Waals surface area contributed by atoms with E-state index < -0.39 is 58.9 Å². The van der Waals surface area contributed by atoms with Crippen molar-refractivity contribution in [1.29, 1.82) is 0 Å². The van der Waals surface area contributed by atoms with Gasteiger partial charge in [0.2, 0.25) is 0 Å². The van der Waals surface area contributed by atoms with Gasteiger partial charge in [0.1, 0.15) is 30.5 Å². The molecule has 4 bridgehead atoms. The van der Waals surface area contributed by atoms with Crippen LogP contribution in [0.3, 0.4) is 0 Å². The maximum atomic E-state index is 13.2. The summed E-state index contributed by atoms with van der Waals surface area (Å²) in [6.45, 7) is 9.45. The summed E-state index contributed by atoms with van der Waals surface area (Å²) in [5.41, 5.74) is -0.803. The third-order valence-electron chi connectivity index (χ3n) is 9.96. The minimum atomic E-state index is -0.909. The van der Waals surface area contributed by atoms with Crippen LogP contribution in [-0.4, -0.2) is 79.6 Å². The predicted octanol–water partition coefficient (Wildman–Crippen LogP) is 3.25. The minimum Gasteiger partial charge on any atom is -0.462 e. The highest BCUT2D eigenvalue weighted by Gasteiger charge is 2.83. The summed E-state index contributed by atoms with van der Waals surface area (Å²) < 4.78 is 42.6. The summed E-state index contributed by atoms with van der Waals surface area (Å²) in [4.78, 5) is 38.4. The van der Waals surface area contributed by atoms with Gasteiger partial charge in [0.25, 0.3) is 0 Å². The molecule has 0 aromatic heterocycles. The highest BCUT2D eigenvalue weighted by Crippen LogP contribution is 2.72. The van der Waals surface area contributed by atoms with Gasteiger partial charge in [-0.1, -0.05) is 36.8 Å². The number of carbonyl (C=O) groups is 3. The molecule has 4 fully saturated rings. The van der Waals surface area contributed by atoms with Gasteiger partial charge in [-0.25, -0.2) is 9.59 Å². The van der Waals surface area contributed by atoms with Crippen molar-refractivity contribution in [3.63, 3.8) is 0 Å². The summed E-state index contributed by atoms with van der Waals surface area (Å²) in [5, 5.41) is 0. The fourth-order valence-corrected chi connectivity index (χ4v) is 7.64. The number of cyclic esters (lactones) is 1. The van der Waals surface area contributed by atoms with E-state index in [-0.39, 0.29) is 24.9 Å². The summed E-state index contributed by atoms with van der Waals surface area (Å²) in [6, 6.07) is 0. The van der Waals surface area contributed by atoms with Crippen LogP contribution in [0.1, 0.15) is 53.9 Å². The second-order valence-corrected chi connectivity index (χ2v) is 12.4. The van der Waals surface area contributed by atoms with E-state index in [0.29, 0.717) is 25.9 Å². The number of rotatable bonds is 1. The molecule has 3 saturated heterocycles. The lowest BCUT2D eigenvalue weighted by atomic mass is 9.51. The van der Waals surface area contributed by atoms with Crippen molar-refractivity contribution < 1.29 is 47.5 Å². The predicted molar refractivity (Wildman–Crippen MR) is 143 cm³/mol. The third kappa shape index (κ3) is 4.59. The fourth-order valence-electron chi connectivity index (χ4n) is 7.64. The van der Waals surface area contributed by atoms with Crippen molar-refractivity contribution in [1.82, 2.24) is 0 Å². The average molecular weight is 571 g/mol. The van der Waals surface area contributed by atoms with Gasteiger partial charge in [0.05, 0.1) is 35.7 Å². The first-order valence-electron chi connectivity index (χ1n) is 14.3. The van der Waals surface area contributed by atoms with E-state index in [4.69, 9.17) is 33.2 Å². The smallest absolute Gasteiger partial charge is 0.331 e. The SMILES string of the molecule is CC(=O)O[C@H]1C[C@@]23COC(=O)/C=C(\C)C[C@@H]4O[C@@H](C)[C@H](/C=C/C=C\C(=O)O[C@@H]5C[C@@H](O[C@@H]2C=C1C)[C@@]1(CO1)[C@]53C)O4. The lowest BCUT2D eigenvalue weighted by molar-refractivity contribution is -0.239. The van der Waals surface area contributed by atoms with E-state index in [9.17, 15) is 14.4 Å². The van der Waals surface area contributed by atoms with Gasteiger partial charge in [-0.3, -0.25) is 4.79 Å². The van der Waals surface area contributed by atoms with Gasteiger partial charge < -0.3 is 33.2 Å². The number of hydrogen-bond donors (Lipinski definition) is 0. The van der Waals surface area contributed by atoms with Crippen molar-refractivity contribution in [2.75, 3.05) is 13.2 Å². The highest BCUT2D eigenvalue weighted by molar-refractivity contribution is 5.83. The summed E-state index contributed by atoms with van der Waals surface area (Å²) >= 11 is 0. The number of hydrogen-bond acceptors (Lipinski definition) is 10. The van der Waals surface area contributed by atoms with E-state index in [1.807, 2.05) is 39.8 Å². The molecule has 4 aliphatic heterocycles. The van der Waals surface area contributed by atoms with Crippen LogP contribution in [0.2, 0.25) is 0 Å². The molecule has 1 saturated carbocycles. The Balaban J connectivity index is 1.40. The molecular formula is C31H38O10. The first-order chi connectivity index (χ1) is 19.5. The molecule has 2 spiro atoms. The lowest BCUT2D eigenvalue weighted by Gasteiger charge is -2.59. The number of epoxide rings is 1. The number of carbonyl (C=O) groups excluding carboxylic acids is 3. The summed E-state index contributed by atoms with van der Waals surface area (Å²) in [6.07, 6.45) is 8.26. The van der Waals surface area contributed by atoms with Crippen LogP contribution in [0.5, 0.6) is 0 Å². The summed E-state index contributed by atoms with van der Waals surface area (Å²) in [5.74, 6) is -1.42. The van der Waals surface area contributed by atoms with E-state index in [2.05, 4.69) is 0 Å². The molecule has 10 atom stereocenters. The van der Waals surface area contributed by atoms with Gasteiger partial charge in [-0.05, 0) is 26.3 Å². The zero-order chi connectivity index (χ0) is 29.2. The largest absolute Gasteiger partial charge is 0.462 e. The Morgan fingerprint density at radius 1 is 1.05 bits per heavy atom. The Bertz CT molecular complexity index is 1240. The number of ether oxygens (including phenoxy) is 7. The van der Waals surface area contributed by atoms with Crippen LogP contribution in [0, 0.1) is 10.8 Å². The monoisotopic (exact) mass is 570 g/mol. The zero-order valence-corrected chi connectivity index (χ0v) is 24.1. The number of fused-ring (bicyclic) bond motifs is 2. The van der Waals surface area contributed by atoms with E-state index in [0.717, 1.165) is 11.1 Å². The van der Waals surface area contributed by atoms with Crippen LogP contribution in [0.25, 0.3) is 0 Å². The molecular weight excluding hydrogens is 532 g/mol. The minimum absolute atomic E-state index is 0.0433. The van der Waals surface area contributed by atoms with Crippen LogP contribution >= 0.6 is 0 Å². The van der Waals surface area contributed by atoms with Crippen molar-refractivity contribution in [2.45, 2.75) is 102 Å². The Kier molecular flexibility index (Phi) is 7.04. The molecule has 10 nitrogen and oxygen atoms in total. The Hall–Kier alpha value is -2.79. The van der Waals surface area contributed by atoms with E-state index in [1.165, 1.54) is 19.1 Å². The second-order valence-electron chi connectivity index (χ2n) is 12.4. The van der Waals surface area contributed by atoms with Crippen molar-refractivity contribution in [2.24, 2.45) is 10.8 Å². The average Bonchev–Trinajstić information content (AvgIpc) is 3.59. The van der Waals surface area contributed by atoms with Gasteiger partial charge in [0, 0.05) is 38.3 Å². The molecule has 6 rings (SSSR count). The van der Waals surface area contributed by atoms with E-state index in [1.54, 1.807) is 12.2 Å². The molecule has 41 heavy (non-hydrogen) atoms. The van der Waals surface area contributed by atoms with Crippen LogP contribution in [0.4, 0.5) is 0 Å². The van der Waals surface area contributed by atoms with Gasteiger partial charge >= 0.3 is 17.9 Å². The molecule has 0 radical (unpaired) electrons. The molecule has 0 N–H and O–H groups in total. The normalized spacial score (nSPS) is 48.4. The summed E-state index contributed by atoms with van der Waals surface area (Å²) in [7, 11) is 0. The van der Waals surface area contributed by atoms with Crippen molar-refractivity contribution in [3.8, 4) is 0 Å². The molecule has 0 aromatic rings. The zero-order valence-electron chi connectivity index (χ0n) is 24.1. The molecule has 6 aliphatic rings. The first-order valence-corrected chi connectivity index (χ1v) is 14.3. The van der Waals surface area contributed by atoms with Crippen LogP contribution in [-0.2, 0) is 47.5 Å². The molecule has 0 aromatic carbocycles. The highest BCUT2D eigenvalue weighted by atomic mass is 16.7. The Labute approximate surface area is 239 Å². The molecule has 4 heterocycles. The number of esters is 3. The third-order valence-corrected chi connectivity index (χ3v) is 9.96. The van der Waals surface area contributed by atoms with Crippen molar-refractivity contribution in [3.05, 3.63) is 47.6 Å². The second kappa shape index (κ2) is 10.2. The van der Waals surface area contributed by atoms with Gasteiger partial charge in [-0.15, -0.1) is 0 Å². The molecule has 0 unspecified atom stereocenters.